The van der Waals surface area contributed by atoms with Crippen LogP contribution in [0.2, 0.25) is 0 Å². The lowest BCUT2D eigenvalue weighted by atomic mass is 9.83. The molecule has 2 fully saturated rings. The van der Waals surface area contributed by atoms with Crippen molar-refractivity contribution in [2.75, 3.05) is 4.90 Å². The molecule has 4 atom stereocenters. The number of aryl methyl sites for hydroxylation is 1. The topological polar surface area (TPSA) is 101 Å². The fourth-order valence-electron chi connectivity index (χ4n) is 5.83. The third kappa shape index (κ3) is 3.45. The Morgan fingerprint density at radius 2 is 1.68 bits per heavy atom. The highest BCUT2D eigenvalue weighted by Crippen LogP contribution is 2.54. The maximum Gasteiger partial charge on any atom is 0.271 e. The molecule has 37 heavy (non-hydrogen) atoms. The van der Waals surface area contributed by atoms with Crippen LogP contribution in [0.4, 0.5) is 11.4 Å². The number of non-ortho nitro benzene ring substituents is 1. The van der Waals surface area contributed by atoms with E-state index in [9.17, 15) is 24.5 Å². The quantitative estimate of drug-likeness (QED) is 0.192. The molecule has 3 aromatic rings. The smallest absolute Gasteiger partial charge is 0.271 e. The molecular weight excluding hydrogens is 538 g/mol. The van der Waals surface area contributed by atoms with Gasteiger partial charge in [-0.2, -0.15) is 0 Å². The monoisotopic (exact) mass is 557 g/mol. The van der Waals surface area contributed by atoms with E-state index in [2.05, 4.69) is 15.9 Å². The number of amides is 2. The van der Waals surface area contributed by atoms with Gasteiger partial charge in [-0.25, -0.2) is 4.90 Å². The van der Waals surface area contributed by atoms with Gasteiger partial charge in [-0.05, 0) is 41.8 Å². The number of nitro groups is 1. The lowest BCUT2D eigenvalue weighted by Gasteiger charge is -2.35. The molecule has 0 unspecified atom stereocenters. The second kappa shape index (κ2) is 8.48. The number of anilines is 1. The van der Waals surface area contributed by atoms with E-state index in [0.717, 1.165) is 20.5 Å². The Kier molecular flexibility index (Phi) is 5.34. The molecule has 9 heteroatoms. The van der Waals surface area contributed by atoms with Gasteiger partial charge in [0, 0.05) is 28.4 Å². The van der Waals surface area contributed by atoms with Gasteiger partial charge in [0.1, 0.15) is 6.04 Å². The van der Waals surface area contributed by atoms with Crippen LogP contribution in [0.15, 0.2) is 77.4 Å². The van der Waals surface area contributed by atoms with Crippen molar-refractivity contribution in [3.63, 3.8) is 0 Å². The van der Waals surface area contributed by atoms with Crippen LogP contribution in [0.5, 0.6) is 0 Å². The van der Waals surface area contributed by atoms with Crippen LogP contribution in [-0.2, 0) is 9.59 Å². The second-order valence-corrected chi connectivity index (χ2v) is 10.4. The van der Waals surface area contributed by atoms with E-state index < -0.39 is 40.7 Å². The third-order valence-electron chi connectivity index (χ3n) is 7.50. The van der Waals surface area contributed by atoms with E-state index in [4.69, 9.17) is 0 Å². The second-order valence-electron chi connectivity index (χ2n) is 9.44. The van der Waals surface area contributed by atoms with Crippen molar-refractivity contribution < 1.29 is 19.3 Å². The summed E-state index contributed by atoms with van der Waals surface area (Å²) in [5.41, 5.74) is 2.75. The van der Waals surface area contributed by atoms with E-state index in [1.165, 1.54) is 18.2 Å². The highest BCUT2D eigenvalue weighted by atomic mass is 79.9. The number of benzene rings is 3. The number of nitrogens with zero attached hydrogens (tertiary/aromatic N) is 3. The van der Waals surface area contributed by atoms with Gasteiger partial charge < -0.3 is 4.90 Å². The largest absolute Gasteiger partial charge is 0.358 e. The average molecular weight is 558 g/mol. The number of carbonyl (C=O) groups excluding carboxylic acids is 3. The summed E-state index contributed by atoms with van der Waals surface area (Å²) in [6, 6.07) is 17.2. The number of halogens is 1. The van der Waals surface area contributed by atoms with Crippen molar-refractivity contribution in [3.8, 4) is 0 Å². The van der Waals surface area contributed by atoms with Crippen molar-refractivity contribution >= 4 is 51.0 Å². The molecule has 0 bridgehead atoms. The molecule has 0 spiro atoms. The van der Waals surface area contributed by atoms with E-state index in [1.54, 1.807) is 37.4 Å². The first kappa shape index (κ1) is 23.3. The highest BCUT2D eigenvalue weighted by molar-refractivity contribution is 9.10. The molecule has 3 aromatic carbocycles. The van der Waals surface area contributed by atoms with E-state index in [1.807, 2.05) is 35.2 Å². The minimum Gasteiger partial charge on any atom is -0.358 e. The van der Waals surface area contributed by atoms with Crippen LogP contribution in [0, 0.1) is 28.9 Å². The summed E-state index contributed by atoms with van der Waals surface area (Å²) < 4.78 is 0.817. The first-order valence-corrected chi connectivity index (χ1v) is 12.5. The summed E-state index contributed by atoms with van der Waals surface area (Å²) in [5, 5.41) is 11.4. The first-order valence-electron chi connectivity index (χ1n) is 11.7. The number of ketones is 1. The molecule has 0 saturated carbocycles. The van der Waals surface area contributed by atoms with Gasteiger partial charge >= 0.3 is 0 Å². The predicted molar refractivity (Wildman–Crippen MR) is 140 cm³/mol. The Labute approximate surface area is 220 Å². The number of carbonyl (C=O) groups is 3. The van der Waals surface area contributed by atoms with Crippen molar-refractivity contribution in [3.05, 3.63) is 110 Å². The van der Waals surface area contributed by atoms with Gasteiger partial charge in [0.05, 0.1) is 28.5 Å². The van der Waals surface area contributed by atoms with E-state index in [-0.39, 0.29) is 17.2 Å². The zero-order valence-corrected chi connectivity index (χ0v) is 21.2. The number of fused-ring (bicyclic) bond motifs is 5. The third-order valence-corrected chi connectivity index (χ3v) is 8.03. The van der Waals surface area contributed by atoms with Crippen LogP contribution in [0.25, 0.3) is 6.08 Å². The number of rotatable bonds is 4. The standard InChI is InChI=1S/C28H20BrN3O5/c1-15-6-11-19(32(36)37)14-21(15)31-27(34)22-23(28(31)35)25(26(33)17-7-9-18(29)10-8-17)30-13-12-16-4-2-3-5-20(16)24(22)30/h2-14,22-25H,1H3/t22-,23-,24-,25+/m1/s1. The normalized spacial score (nSPS) is 23.6. The van der Waals surface area contributed by atoms with Gasteiger partial charge in [0.25, 0.3) is 5.69 Å². The maximum atomic E-state index is 14.0. The zero-order chi connectivity index (χ0) is 26.0. The molecule has 184 valence electrons. The molecule has 3 aliphatic heterocycles. The minimum absolute atomic E-state index is 0.180. The molecular formula is C28H20BrN3O5. The van der Waals surface area contributed by atoms with Crippen LogP contribution < -0.4 is 4.90 Å². The molecule has 3 heterocycles. The number of Topliss-reactive ketones (excluding diaryl/α,β-unsaturated/α-hetero) is 1. The molecule has 0 aromatic heterocycles. The Morgan fingerprint density at radius 1 is 0.973 bits per heavy atom. The van der Waals surface area contributed by atoms with Crippen LogP contribution in [0.1, 0.15) is 33.1 Å². The first-order chi connectivity index (χ1) is 17.8. The lowest BCUT2D eigenvalue weighted by molar-refractivity contribution is -0.384. The average Bonchev–Trinajstić information content (AvgIpc) is 3.37. The van der Waals surface area contributed by atoms with Gasteiger partial charge in [0.2, 0.25) is 11.8 Å². The number of nitro benzene ring substituents is 1. The van der Waals surface area contributed by atoms with Crippen molar-refractivity contribution in [1.82, 2.24) is 4.90 Å². The molecule has 0 radical (unpaired) electrons. The molecule has 0 N–H and O–H groups in total. The van der Waals surface area contributed by atoms with Crippen LogP contribution in [0.3, 0.4) is 0 Å². The SMILES string of the molecule is Cc1ccc([N+](=O)[O-])cc1N1C(=O)[C@@H]2[C@@H](C1=O)[C@H]1c3ccccc3C=CN1[C@@H]2C(=O)c1ccc(Br)cc1. The predicted octanol–water partition coefficient (Wildman–Crippen LogP) is 5.06. The summed E-state index contributed by atoms with van der Waals surface area (Å²) in [5.74, 6) is -2.99. The van der Waals surface area contributed by atoms with Gasteiger partial charge in [-0.1, -0.05) is 58.4 Å². The molecule has 6 rings (SSSR count). The Balaban J connectivity index is 1.51. The van der Waals surface area contributed by atoms with Crippen molar-refractivity contribution in [1.29, 1.82) is 0 Å². The fraction of sp³-hybridized carbons (Fsp3) is 0.179. The maximum absolute atomic E-state index is 14.0. The number of hydrogen-bond acceptors (Lipinski definition) is 6. The number of hydrogen-bond donors (Lipinski definition) is 0. The number of imide groups is 1. The molecule has 2 saturated heterocycles. The summed E-state index contributed by atoms with van der Waals surface area (Å²) in [4.78, 5) is 55.7. The molecule has 8 nitrogen and oxygen atoms in total. The van der Waals surface area contributed by atoms with E-state index in [0.29, 0.717) is 11.1 Å². The Bertz CT molecular complexity index is 1530. The van der Waals surface area contributed by atoms with Crippen LogP contribution >= 0.6 is 15.9 Å². The van der Waals surface area contributed by atoms with Crippen molar-refractivity contribution in [2.24, 2.45) is 11.8 Å². The minimum atomic E-state index is -0.942. The summed E-state index contributed by atoms with van der Waals surface area (Å²) in [6.45, 7) is 1.70. The van der Waals surface area contributed by atoms with Crippen molar-refractivity contribution in [2.45, 2.75) is 19.0 Å². The summed E-state index contributed by atoms with van der Waals surface area (Å²) in [7, 11) is 0. The molecule has 3 aliphatic rings. The highest BCUT2D eigenvalue weighted by Gasteiger charge is 2.64. The lowest BCUT2D eigenvalue weighted by Crippen LogP contribution is -2.44. The Morgan fingerprint density at radius 3 is 2.41 bits per heavy atom. The molecule has 2 amide bonds. The fourth-order valence-corrected chi connectivity index (χ4v) is 6.10. The summed E-state index contributed by atoms with van der Waals surface area (Å²) >= 11 is 3.38. The van der Waals surface area contributed by atoms with Gasteiger partial charge in [-0.15, -0.1) is 0 Å². The van der Waals surface area contributed by atoms with Crippen LogP contribution in [-0.4, -0.2) is 33.5 Å². The van der Waals surface area contributed by atoms with E-state index >= 15 is 0 Å². The zero-order valence-electron chi connectivity index (χ0n) is 19.6. The summed E-state index contributed by atoms with van der Waals surface area (Å²) in [6.07, 6.45) is 3.70. The Hall–Kier alpha value is -4.11. The van der Waals surface area contributed by atoms with Gasteiger partial charge in [0.15, 0.2) is 5.78 Å². The molecule has 0 aliphatic carbocycles. The van der Waals surface area contributed by atoms with Gasteiger partial charge in [-0.3, -0.25) is 24.5 Å².